The average molecular weight is 282 g/mol. The van der Waals surface area contributed by atoms with E-state index >= 15 is 0 Å². The SMILES string of the molecule is CN(Cc1nnc2n1CCC2)S(=O)(=O)c1cnc[nH]1. The number of aromatic nitrogens is 5. The van der Waals surface area contributed by atoms with E-state index in [9.17, 15) is 8.42 Å². The van der Waals surface area contributed by atoms with Crippen LogP contribution in [0.25, 0.3) is 0 Å². The standard InChI is InChI=1S/C10H14N6O2S/c1-15(19(17,18)10-5-11-7-12-10)6-9-14-13-8-3-2-4-16(8)9/h5,7H,2-4,6H2,1H3,(H,11,12). The van der Waals surface area contributed by atoms with Crippen molar-refractivity contribution in [1.82, 2.24) is 29.0 Å². The minimum Gasteiger partial charge on any atom is -0.335 e. The van der Waals surface area contributed by atoms with E-state index in [1.54, 1.807) is 0 Å². The number of imidazole rings is 1. The van der Waals surface area contributed by atoms with E-state index in [1.165, 1.54) is 23.9 Å². The fraction of sp³-hybridized carbons (Fsp3) is 0.500. The molecule has 1 aliphatic rings. The molecule has 0 aliphatic carbocycles. The van der Waals surface area contributed by atoms with E-state index in [2.05, 4.69) is 20.2 Å². The van der Waals surface area contributed by atoms with E-state index in [4.69, 9.17) is 0 Å². The highest BCUT2D eigenvalue weighted by Crippen LogP contribution is 2.17. The summed E-state index contributed by atoms with van der Waals surface area (Å²) in [5.74, 6) is 1.61. The fourth-order valence-electron chi connectivity index (χ4n) is 2.16. The highest BCUT2D eigenvalue weighted by atomic mass is 32.2. The van der Waals surface area contributed by atoms with E-state index < -0.39 is 10.0 Å². The summed E-state index contributed by atoms with van der Waals surface area (Å²) in [6.07, 6.45) is 4.58. The Bertz CT molecular complexity index is 675. The van der Waals surface area contributed by atoms with Gasteiger partial charge in [-0.1, -0.05) is 0 Å². The highest BCUT2D eigenvalue weighted by molar-refractivity contribution is 7.89. The summed E-state index contributed by atoms with van der Waals surface area (Å²) in [5, 5.41) is 8.20. The van der Waals surface area contributed by atoms with Crippen LogP contribution in [0.1, 0.15) is 18.1 Å². The Morgan fingerprint density at radius 3 is 3.05 bits per heavy atom. The van der Waals surface area contributed by atoms with Gasteiger partial charge in [0.15, 0.2) is 5.03 Å². The molecule has 19 heavy (non-hydrogen) atoms. The summed E-state index contributed by atoms with van der Waals surface area (Å²) in [5.41, 5.74) is 0. The second kappa shape index (κ2) is 4.42. The Labute approximate surface area is 110 Å². The van der Waals surface area contributed by atoms with Crippen molar-refractivity contribution in [2.24, 2.45) is 0 Å². The van der Waals surface area contributed by atoms with Crippen molar-refractivity contribution >= 4 is 10.0 Å². The maximum absolute atomic E-state index is 12.2. The number of hydrogen-bond donors (Lipinski definition) is 1. The van der Waals surface area contributed by atoms with Crippen molar-refractivity contribution in [3.8, 4) is 0 Å². The average Bonchev–Trinajstić information content (AvgIpc) is 3.07. The quantitative estimate of drug-likeness (QED) is 0.835. The second-order valence-electron chi connectivity index (χ2n) is 4.46. The van der Waals surface area contributed by atoms with Crippen molar-refractivity contribution in [2.45, 2.75) is 31.0 Å². The lowest BCUT2D eigenvalue weighted by Crippen LogP contribution is -2.28. The number of sulfonamides is 1. The summed E-state index contributed by atoms with van der Waals surface area (Å²) in [6.45, 7) is 1.06. The molecule has 3 rings (SSSR count). The molecular weight excluding hydrogens is 268 g/mol. The molecule has 0 fully saturated rings. The van der Waals surface area contributed by atoms with Gasteiger partial charge in [-0.25, -0.2) is 13.4 Å². The number of aryl methyl sites for hydroxylation is 1. The maximum atomic E-state index is 12.2. The van der Waals surface area contributed by atoms with Crippen LogP contribution in [-0.2, 0) is 29.5 Å². The van der Waals surface area contributed by atoms with Crippen LogP contribution in [0, 0.1) is 0 Å². The van der Waals surface area contributed by atoms with Gasteiger partial charge in [0, 0.05) is 20.0 Å². The summed E-state index contributed by atoms with van der Waals surface area (Å²) in [4.78, 5) is 6.34. The predicted octanol–water partition coefficient (Wildman–Crippen LogP) is -0.232. The van der Waals surface area contributed by atoms with Crippen LogP contribution >= 0.6 is 0 Å². The van der Waals surface area contributed by atoms with Crippen molar-refractivity contribution in [2.75, 3.05) is 7.05 Å². The van der Waals surface area contributed by atoms with Crippen molar-refractivity contribution in [3.05, 3.63) is 24.2 Å². The predicted molar refractivity (Wildman–Crippen MR) is 65.6 cm³/mol. The Balaban J connectivity index is 1.84. The van der Waals surface area contributed by atoms with Gasteiger partial charge in [-0.15, -0.1) is 10.2 Å². The molecule has 1 aliphatic heterocycles. The monoisotopic (exact) mass is 282 g/mol. The molecule has 0 bridgehead atoms. The van der Waals surface area contributed by atoms with Crippen LogP contribution < -0.4 is 0 Å². The Kier molecular flexibility index (Phi) is 2.86. The zero-order valence-electron chi connectivity index (χ0n) is 10.4. The zero-order valence-corrected chi connectivity index (χ0v) is 11.3. The maximum Gasteiger partial charge on any atom is 0.260 e. The van der Waals surface area contributed by atoms with Gasteiger partial charge < -0.3 is 9.55 Å². The molecule has 9 heteroatoms. The molecule has 0 saturated carbocycles. The Morgan fingerprint density at radius 2 is 2.32 bits per heavy atom. The van der Waals surface area contributed by atoms with E-state index in [0.29, 0.717) is 5.82 Å². The first-order valence-corrected chi connectivity index (χ1v) is 7.39. The second-order valence-corrected chi connectivity index (χ2v) is 6.48. The number of nitrogens with zero attached hydrogens (tertiary/aromatic N) is 5. The first kappa shape index (κ1) is 12.3. The number of rotatable bonds is 4. The van der Waals surface area contributed by atoms with E-state index in [-0.39, 0.29) is 11.6 Å². The lowest BCUT2D eigenvalue weighted by Gasteiger charge is -2.15. The van der Waals surface area contributed by atoms with E-state index in [0.717, 1.165) is 25.2 Å². The molecular formula is C10H14N6O2S. The van der Waals surface area contributed by atoms with Gasteiger partial charge >= 0.3 is 0 Å². The van der Waals surface area contributed by atoms with Gasteiger partial charge in [0.1, 0.15) is 11.6 Å². The van der Waals surface area contributed by atoms with Gasteiger partial charge in [0.05, 0.1) is 19.1 Å². The minimum atomic E-state index is -3.55. The number of fused-ring (bicyclic) bond motifs is 1. The Morgan fingerprint density at radius 1 is 1.47 bits per heavy atom. The molecule has 0 spiro atoms. The normalized spacial score (nSPS) is 15.1. The number of nitrogens with one attached hydrogen (secondary N) is 1. The lowest BCUT2D eigenvalue weighted by molar-refractivity contribution is 0.445. The molecule has 8 nitrogen and oxygen atoms in total. The number of hydrogen-bond acceptors (Lipinski definition) is 5. The number of H-pyrrole nitrogens is 1. The van der Waals surface area contributed by atoms with Gasteiger partial charge in [-0.2, -0.15) is 4.31 Å². The van der Waals surface area contributed by atoms with Crippen LogP contribution in [-0.4, -0.2) is 44.5 Å². The van der Waals surface area contributed by atoms with Crippen molar-refractivity contribution in [1.29, 1.82) is 0 Å². The third-order valence-electron chi connectivity index (χ3n) is 3.21. The van der Waals surface area contributed by atoms with Gasteiger partial charge in [-0.3, -0.25) is 0 Å². The van der Waals surface area contributed by atoms with Gasteiger partial charge in [0.25, 0.3) is 10.0 Å². The third-order valence-corrected chi connectivity index (χ3v) is 4.94. The molecule has 0 saturated heterocycles. The first-order valence-electron chi connectivity index (χ1n) is 5.94. The third kappa shape index (κ3) is 2.04. The molecule has 0 radical (unpaired) electrons. The molecule has 2 aromatic heterocycles. The van der Waals surface area contributed by atoms with Crippen molar-refractivity contribution < 1.29 is 8.42 Å². The molecule has 0 atom stereocenters. The molecule has 102 valence electrons. The fourth-order valence-corrected chi connectivity index (χ4v) is 3.18. The summed E-state index contributed by atoms with van der Waals surface area (Å²) in [7, 11) is -2.03. The molecule has 2 aromatic rings. The van der Waals surface area contributed by atoms with Crippen LogP contribution in [0.3, 0.4) is 0 Å². The van der Waals surface area contributed by atoms with Crippen LogP contribution in [0.15, 0.2) is 17.6 Å². The molecule has 0 unspecified atom stereocenters. The Hall–Kier alpha value is -1.74. The summed E-state index contributed by atoms with van der Waals surface area (Å²) >= 11 is 0. The zero-order chi connectivity index (χ0) is 13.5. The summed E-state index contributed by atoms with van der Waals surface area (Å²) in [6, 6.07) is 0. The largest absolute Gasteiger partial charge is 0.335 e. The van der Waals surface area contributed by atoms with Crippen LogP contribution in [0.4, 0.5) is 0 Å². The smallest absolute Gasteiger partial charge is 0.260 e. The molecule has 0 amide bonds. The molecule has 1 N–H and O–H groups in total. The van der Waals surface area contributed by atoms with Gasteiger partial charge in [0.2, 0.25) is 0 Å². The van der Waals surface area contributed by atoms with Crippen molar-refractivity contribution in [3.63, 3.8) is 0 Å². The highest BCUT2D eigenvalue weighted by Gasteiger charge is 2.25. The van der Waals surface area contributed by atoms with Crippen LogP contribution in [0.2, 0.25) is 0 Å². The van der Waals surface area contributed by atoms with E-state index in [1.807, 2.05) is 4.57 Å². The lowest BCUT2D eigenvalue weighted by atomic mass is 10.4. The number of aromatic amines is 1. The summed E-state index contributed by atoms with van der Waals surface area (Å²) < 4.78 is 27.7. The van der Waals surface area contributed by atoms with Gasteiger partial charge in [-0.05, 0) is 6.42 Å². The topological polar surface area (TPSA) is 96.8 Å². The molecule has 0 aromatic carbocycles. The molecule has 3 heterocycles. The first-order chi connectivity index (χ1) is 9.09. The minimum absolute atomic E-state index is 0.0798. The van der Waals surface area contributed by atoms with Crippen LogP contribution in [0.5, 0.6) is 0 Å².